The molecule has 0 aromatic carbocycles. The zero-order valence-electron chi connectivity index (χ0n) is 14.3. The molecule has 8 nitrogen and oxygen atoms in total. The fourth-order valence-corrected chi connectivity index (χ4v) is 4.25. The van der Waals surface area contributed by atoms with Gasteiger partial charge in [0.2, 0.25) is 0 Å². The third-order valence-electron chi connectivity index (χ3n) is 4.18. The smallest absolute Gasteiger partial charge is 0.282 e. The van der Waals surface area contributed by atoms with Crippen LogP contribution in [0.25, 0.3) is 11.5 Å². The Morgan fingerprint density at radius 1 is 1.29 bits per heavy atom. The lowest BCUT2D eigenvalue weighted by Gasteiger charge is -2.26. The summed E-state index contributed by atoms with van der Waals surface area (Å²) in [6.07, 6.45) is 5.08. The highest BCUT2D eigenvalue weighted by atomic mass is 32.2. The highest BCUT2D eigenvalue weighted by Gasteiger charge is 2.38. The van der Waals surface area contributed by atoms with Crippen molar-refractivity contribution >= 4 is 10.2 Å². The van der Waals surface area contributed by atoms with E-state index in [2.05, 4.69) is 15.0 Å². The third-order valence-corrected chi connectivity index (χ3v) is 6.13. The fourth-order valence-electron chi connectivity index (χ4n) is 2.95. The molecule has 1 aliphatic rings. The van der Waals surface area contributed by atoms with Gasteiger partial charge in [-0.05, 0) is 25.8 Å². The number of hydrogen-bond acceptors (Lipinski definition) is 5. The molecule has 0 aliphatic carbocycles. The van der Waals surface area contributed by atoms with Crippen molar-refractivity contribution in [2.75, 3.05) is 20.6 Å². The van der Waals surface area contributed by atoms with Crippen LogP contribution in [0.4, 0.5) is 0 Å². The molecule has 0 N–H and O–H groups in total. The van der Waals surface area contributed by atoms with Crippen LogP contribution >= 0.6 is 0 Å². The average molecular weight is 350 g/mol. The zero-order chi connectivity index (χ0) is 17.5. The van der Waals surface area contributed by atoms with E-state index < -0.39 is 10.2 Å². The van der Waals surface area contributed by atoms with Gasteiger partial charge in [0.05, 0.1) is 6.04 Å². The van der Waals surface area contributed by atoms with Crippen LogP contribution in [-0.4, -0.2) is 57.2 Å². The molecule has 1 aliphatic heterocycles. The second kappa shape index (κ2) is 6.23. The van der Waals surface area contributed by atoms with Gasteiger partial charge in [-0.2, -0.15) is 17.0 Å². The Hall–Kier alpha value is -1.84. The summed E-state index contributed by atoms with van der Waals surface area (Å²) < 4.78 is 29.7. The summed E-state index contributed by atoms with van der Waals surface area (Å²) in [6, 6.07) is 1.53. The van der Waals surface area contributed by atoms with Gasteiger partial charge >= 0.3 is 0 Å². The fraction of sp³-hybridized carbons (Fsp3) is 0.533. The van der Waals surface area contributed by atoms with E-state index in [4.69, 9.17) is 0 Å². The number of aromatic nitrogens is 4. The maximum absolute atomic E-state index is 12.5. The van der Waals surface area contributed by atoms with Crippen molar-refractivity contribution in [1.29, 1.82) is 0 Å². The second-order valence-corrected chi connectivity index (χ2v) is 8.27. The molecule has 3 rings (SSSR count). The van der Waals surface area contributed by atoms with E-state index in [9.17, 15) is 8.42 Å². The van der Waals surface area contributed by atoms with Crippen molar-refractivity contribution < 1.29 is 8.42 Å². The topological polar surface area (TPSA) is 84.2 Å². The molecule has 0 amide bonds. The number of nitrogens with zero attached hydrogens (tertiary/aromatic N) is 6. The first-order valence-electron chi connectivity index (χ1n) is 7.83. The molecule has 1 fully saturated rings. The minimum Gasteiger partial charge on any atom is -0.333 e. The van der Waals surface area contributed by atoms with Gasteiger partial charge < -0.3 is 4.57 Å². The third kappa shape index (κ3) is 2.94. The van der Waals surface area contributed by atoms with E-state index in [-0.39, 0.29) is 6.04 Å². The summed E-state index contributed by atoms with van der Waals surface area (Å²) >= 11 is 0. The Morgan fingerprint density at radius 3 is 2.67 bits per heavy atom. The molecular weight excluding hydrogens is 328 g/mol. The number of rotatable bonds is 4. The van der Waals surface area contributed by atoms with Gasteiger partial charge in [-0.1, -0.05) is 0 Å². The molecule has 0 spiro atoms. The van der Waals surface area contributed by atoms with E-state index in [1.807, 2.05) is 30.8 Å². The molecule has 130 valence electrons. The van der Waals surface area contributed by atoms with Crippen LogP contribution in [0.15, 0.2) is 18.5 Å². The second-order valence-electron chi connectivity index (χ2n) is 6.17. The van der Waals surface area contributed by atoms with Crippen LogP contribution in [0.2, 0.25) is 0 Å². The molecule has 2 aromatic rings. The monoisotopic (exact) mass is 350 g/mol. The Labute approximate surface area is 142 Å². The van der Waals surface area contributed by atoms with Gasteiger partial charge in [0.1, 0.15) is 11.5 Å². The van der Waals surface area contributed by atoms with E-state index in [1.165, 1.54) is 8.61 Å². The lowest BCUT2D eigenvalue weighted by Crippen LogP contribution is -2.40. The maximum Gasteiger partial charge on any atom is 0.282 e. The van der Waals surface area contributed by atoms with Crippen LogP contribution in [0.5, 0.6) is 0 Å². The quantitative estimate of drug-likeness (QED) is 0.825. The standard InChI is InChI=1S/C15H22N6O2S/c1-11-10-12(15-16-7-9-20(15)4)18-14(17-11)13-6-5-8-21(13)24(22,23)19(2)3/h7,9-10,13H,5-6,8H2,1-4H3. The van der Waals surface area contributed by atoms with Crippen LogP contribution < -0.4 is 0 Å². The minimum atomic E-state index is -3.50. The predicted molar refractivity (Wildman–Crippen MR) is 90.3 cm³/mol. The van der Waals surface area contributed by atoms with Crippen molar-refractivity contribution in [1.82, 2.24) is 28.1 Å². The number of hydrogen-bond donors (Lipinski definition) is 0. The molecule has 1 saturated heterocycles. The SMILES string of the molecule is Cc1cc(-c2nccn2C)nc(C2CCCN2S(=O)(=O)N(C)C)n1. The highest BCUT2D eigenvalue weighted by Crippen LogP contribution is 2.33. The van der Waals surface area contributed by atoms with Gasteiger partial charge in [-0.25, -0.2) is 15.0 Å². The van der Waals surface area contributed by atoms with Gasteiger partial charge in [0.25, 0.3) is 10.2 Å². The van der Waals surface area contributed by atoms with Crippen molar-refractivity contribution in [3.8, 4) is 11.5 Å². The lowest BCUT2D eigenvalue weighted by molar-refractivity contribution is 0.352. The lowest BCUT2D eigenvalue weighted by atomic mass is 10.2. The van der Waals surface area contributed by atoms with Crippen molar-refractivity contribution in [2.24, 2.45) is 7.05 Å². The van der Waals surface area contributed by atoms with Crippen LogP contribution in [0.1, 0.15) is 30.4 Å². The highest BCUT2D eigenvalue weighted by molar-refractivity contribution is 7.86. The Morgan fingerprint density at radius 2 is 2.04 bits per heavy atom. The van der Waals surface area contributed by atoms with Crippen LogP contribution in [0.3, 0.4) is 0 Å². The molecule has 1 atom stereocenters. The van der Waals surface area contributed by atoms with Gasteiger partial charge in [0, 0.05) is 45.8 Å². The predicted octanol–water partition coefficient (Wildman–Crippen LogP) is 1.13. The summed E-state index contributed by atoms with van der Waals surface area (Å²) in [7, 11) is 1.49. The summed E-state index contributed by atoms with van der Waals surface area (Å²) in [5, 5.41) is 0. The Kier molecular flexibility index (Phi) is 4.41. The summed E-state index contributed by atoms with van der Waals surface area (Å²) in [4.78, 5) is 13.5. The summed E-state index contributed by atoms with van der Waals surface area (Å²) in [5.41, 5.74) is 1.51. The molecule has 3 heterocycles. The van der Waals surface area contributed by atoms with Gasteiger partial charge in [0.15, 0.2) is 5.82 Å². The molecule has 0 saturated carbocycles. The first-order valence-corrected chi connectivity index (χ1v) is 9.23. The first kappa shape index (κ1) is 17.0. The van der Waals surface area contributed by atoms with Crippen LogP contribution in [0, 0.1) is 6.92 Å². The molecule has 1 unspecified atom stereocenters. The zero-order valence-corrected chi connectivity index (χ0v) is 15.2. The van der Waals surface area contributed by atoms with E-state index in [0.717, 1.165) is 24.4 Å². The van der Waals surface area contributed by atoms with E-state index >= 15 is 0 Å². The average Bonchev–Trinajstić information content (AvgIpc) is 3.15. The first-order chi connectivity index (χ1) is 11.3. The maximum atomic E-state index is 12.5. The Bertz CT molecular complexity index is 845. The molecule has 0 radical (unpaired) electrons. The van der Waals surface area contributed by atoms with Gasteiger partial charge in [-0.3, -0.25) is 0 Å². The molecule has 2 aromatic heterocycles. The van der Waals surface area contributed by atoms with Crippen LogP contribution in [-0.2, 0) is 17.3 Å². The Balaban J connectivity index is 2.03. The van der Waals surface area contributed by atoms with E-state index in [0.29, 0.717) is 18.1 Å². The minimum absolute atomic E-state index is 0.337. The summed E-state index contributed by atoms with van der Waals surface area (Å²) in [6.45, 7) is 2.37. The van der Waals surface area contributed by atoms with Crippen molar-refractivity contribution in [2.45, 2.75) is 25.8 Å². The van der Waals surface area contributed by atoms with Crippen molar-refractivity contribution in [3.05, 3.63) is 30.0 Å². The molecule has 9 heteroatoms. The largest absolute Gasteiger partial charge is 0.333 e. The molecule has 24 heavy (non-hydrogen) atoms. The van der Waals surface area contributed by atoms with Crippen molar-refractivity contribution in [3.63, 3.8) is 0 Å². The molecular formula is C15H22N6O2S. The molecule has 0 bridgehead atoms. The van der Waals surface area contributed by atoms with Gasteiger partial charge in [-0.15, -0.1) is 0 Å². The summed E-state index contributed by atoms with van der Waals surface area (Å²) in [5.74, 6) is 1.28. The number of aryl methyl sites for hydroxylation is 2. The normalized spacial score (nSPS) is 19.3. The van der Waals surface area contributed by atoms with E-state index in [1.54, 1.807) is 20.3 Å². The number of imidazole rings is 1.